The maximum Gasteiger partial charge on any atom is 0.389 e. The molecule has 0 aliphatic rings. The molecule has 0 aromatic heterocycles. The molecule has 3 rings (SSSR count). The number of esters is 2. The summed E-state index contributed by atoms with van der Waals surface area (Å²) < 4.78 is 58.4. The lowest BCUT2D eigenvalue weighted by Gasteiger charge is -2.16. The Balaban J connectivity index is 1.79. The molecule has 46 heavy (non-hydrogen) atoms. The molecular formula is C35H37F3O8. The Bertz CT molecular complexity index is 1510. The van der Waals surface area contributed by atoms with Gasteiger partial charge in [-0.15, -0.1) is 0 Å². The Labute approximate surface area is 265 Å². The fourth-order valence-corrected chi connectivity index (χ4v) is 4.40. The Kier molecular flexibility index (Phi) is 13.4. The molecule has 0 aliphatic carbocycles. The van der Waals surface area contributed by atoms with Crippen LogP contribution in [0.5, 0.6) is 11.5 Å². The van der Waals surface area contributed by atoms with E-state index in [9.17, 15) is 22.8 Å². The van der Waals surface area contributed by atoms with E-state index in [4.69, 9.17) is 29.2 Å². The van der Waals surface area contributed by atoms with Crippen molar-refractivity contribution in [1.82, 2.24) is 0 Å². The molecule has 3 aromatic carbocycles. The van der Waals surface area contributed by atoms with Crippen molar-refractivity contribution >= 4 is 11.9 Å². The molecule has 0 unspecified atom stereocenters. The monoisotopic (exact) mass is 642 g/mol. The molecule has 0 aliphatic heterocycles. The maximum absolute atomic E-state index is 12.4. The van der Waals surface area contributed by atoms with Crippen molar-refractivity contribution in [2.75, 3.05) is 26.8 Å². The van der Waals surface area contributed by atoms with Gasteiger partial charge in [0.25, 0.3) is 0 Å². The number of rotatable bonds is 17. The lowest BCUT2D eigenvalue weighted by atomic mass is 9.93. The van der Waals surface area contributed by atoms with Crippen LogP contribution >= 0.6 is 0 Å². The highest BCUT2D eigenvalue weighted by Gasteiger charge is 2.25. The van der Waals surface area contributed by atoms with Crippen molar-refractivity contribution in [2.45, 2.75) is 45.2 Å². The predicted octanol–water partition coefficient (Wildman–Crippen LogP) is 6.71. The van der Waals surface area contributed by atoms with Crippen LogP contribution in [0.15, 0.2) is 85.0 Å². The molecule has 0 bridgehead atoms. The van der Waals surface area contributed by atoms with Gasteiger partial charge in [-0.05, 0) is 71.2 Å². The summed E-state index contributed by atoms with van der Waals surface area (Å²) in [5.41, 5.74) is 5.33. The highest BCUT2D eigenvalue weighted by atomic mass is 19.4. The van der Waals surface area contributed by atoms with Crippen LogP contribution < -0.4 is 9.47 Å². The third-order valence-electron chi connectivity index (χ3n) is 6.97. The van der Waals surface area contributed by atoms with Gasteiger partial charge in [0.15, 0.2) is 11.5 Å². The Morgan fingerprint density at radius 1 is 0.739 bits per heavy atom. The van der Waals surface area contributed by atoms with Gasteiger partial charge in [0.2, 0.25) is 13.6 Å². The number of benzene rings is 3. The molecule has 8 nitrogen and oxygen atoms in total. The number of aliphatic hydroxyl groups excluding tert-OH is 2. The summed E-state index contributed by atoms with van der Waals surface area (Å²) >= 11 is 0. The molecule has 0 saturated carbocycles. The standard InChI is InChI=1S/C35H37F3O8/c1-4-26-17-28(27-10-8-25(9-11-27)7-5-6-16-35(36,37)38)12-14-30(26)29-13-15-31(43-21-45-33(41)23(2)19-39)32(18-29)44-22-46-34(42)24(3)20-40/h8-15,17-18,39-40H,2-7,16,19-22H2,1H3. The van der Waals surface area contributed by atoms with Gasteiger partial charge in [-0.25, -0.2) is 9.59 Å². The molecule has 0 saturated heterocycles. The van der Waals surface area contributed by atoms with Crippen LogP contribution in [0.1, 0.15) is 37.3 Å². The quantitative estimate of drug-likeness (QED) is 0.0723. The van der Waals surface area contributed by atoms with Gasteiger partial charge >= 0.3 is 18.1 Å². The SMILES string of the molecule is C=C(CO)C(=O)OCOc1ccc(-c2ccc(-c3ccc(CCCCC(F)(F)F)cc3)cc2CC)cc1OCOC(=O)C(=C)CO. The van der Waals surface area contributed by atoms with Crippen molar-refractivity contribution in [3.63, 3.8) is 0 Å². The molecule has 246 valence electrons. The van der Waals surface area contributed by atoms with Crippen molar-refractivity contribution in [3.05, 3.63) is 96.1 Å². The zero-order chi connectivity index (χ0) is 33.7. The normalized spacial score (nSPS) is 11.1. The van der Waals surface area contributed by atoms with E-state index in [2.05, 4.69) is 19.2 Å². The second kappa shape index (κ2) is 17.2. The van der Waals surface area contributed by atoms with E-state index >= 15 is 0 Å². The van der Waals surface area contributed by atoms with Gasteiger partial charge in [0.1, 0.15) is 0 Å². The average molecular weight is 643 g/mol. The Hall–Kier alpha value is -4.61. The smallest absolute Gasteiger partial charge is 0.389 e. The van der Waals surface area contributed by atoms with Crippen LogP contribution in [0.2, 0.25) is 0 Å². The zero-order valence-corrected chi connectivity index (χ0v) is 25.5. The van der Waals surface area contributed by atoms with E-state index in [0.717, 1.165) is 33.4 Å². The molecule has 2 N–H and O–H groups in total. The third-order valence-corrected chi connectivity index (χ3v) is 6.97. The van der Waals surface area contributed by atoms with E-state index in [-0.39, 0.29) is 29.1 Å². The Morgan fingerprint density at radius 2 is 1.30 bits per heavy atom. The number of halogens is 3. The second-order valence-electron chi connectivity index (χ2n) is 10.3. The van der Waals surface area contributed by atoms with Crippen LogP contribution in [0.25, 0.3) is 22.3 Å². The number of aryl methyl sites for hydroxylation is 2. The zero-order valence-electron chi connectivity index (χ0n) is 25.5. The topological polar surface area (TPSA) is 112 Å². The first kappa shape index (κ1) is 35.9. The van der Waals surface area contributed by atoms with Crippen LogP contribution in [-0.2, 0) is 31.9 Å². The number of unbranched alkanes of at least 4 members (excludes halogenated alkanes) is 1. The molecule has 0 radical (unpaired) electrons. The number of carbonyl (C=O) groups excluding carboxylic acids is 2. The van der Waals surface area contributed by atoms with Crippen molar-refractivity contribution in [2.24, 2.45) is 0 Å². The van der Waals surface area contributed by atoms with E-state index in [1.807, 2.05) is 43.3 Å². The molecule has 0 atom stereocenters. The van der Waals surface area contributed by atoms with Crippen LogP contribution in [0.3, 0.4) is 0 Å². The summed E-state index contributed by atoms with van der Waals surface area (Å²) in [7, 11) is 0. The largest absolute Gasteiger partial charge is 0.453 e. The molecule has 0 amide bonds. The first-order chi connectivity index (χ1) is 21.9. The lowest BCUT2D eigenvalue weighted by Crippen LogP contribution is -2.15. The van der Waals surface area contributed by atoms with Gasteiger partial charge in [-0.2, -0.15) is 13.2 Å². The first-order valence-corrected chi connectivity index (χ1v) is 14.6. The summed E-state index contributed by atoms with van der Waals surface area (Å²) in [4.78, 5) is 23.7. The number of hydrogen-bond donors (Lipinski definition) is 2. The summed E-state index contributed by atoms with van der Waals surface area (Å²) in [6.45, 7) is 6.67. The fourth-order valence-electron chi connectivity index (χ4n) is 4.40. The van der Waals surface area contributed by atoms with Crippen LogP contribution in [0, 0.1) is 0 Å². The maximum atomic E-state index is 12.4. The van der Waals surface area contributed by atoms with E-state index < -0.39 is 51.3 Å². The van der Waals surface area contributed by atoms with Gasteiger partial charge < -0.3 is 29.2 Å². The summed E-state index contributed by atoms with van der Waals surface area (Å²) in [5, 5.41) is 18.1. The second-order valence-corrected chi connectivity index (χ2v) is 10.3. The van der Waals surface area contributed by atoms with Crippen molar-refractivity contribution in [1.29, 1.82) is 0 Å². The van der Waals surface area contributed by atoms with E-state index in [1.54, 1.807) is 18.2 Å². The molecule has 3 aromatic rings. The fraction of sp³-hybridized carbons (Fsp3) is 0.314. The summed E-state index contributed by atoms with van der Waals surface area (Å²) in [6.07, 6.45) is -3.06. The van der Waals surface area contributed by atoms with E-state index in [1.165, 1.54) is 0 Å². The average Bonchev–Trinajstić information content (AvgIpc) is 3.05. The van der Waals surface area contributed by atoms with Gasteiger partial charge in [0.05, 0.1) is 24.4 Å². The number of ether oxygens (including phenoxy) is 4. The predicted molar refractivity (Wildman–Crippen MR) is 166 cm³/mol. The highest BCUT2D eigenvalue weighted by Crippen LogP contribution is 2.36. The molecule has 11 heteroatoms. The van der Waals surface area contributed by atoms with Crippen molar-refractivity contribution in [3.8, 4) is 33.8 Å². The summed E-state index contributed by atoms with van der Waals surface area (Å²) in [6, 6.07) is 18.9. The number of carbonyl (C=O) groups is 2. The Morgan fingerprint density at radius 3 is 1.87 bits per heavy atom. The van der Waals surface area contributed by atoms with E-state index in [0.29, 0.717) is 19.3 Å². The third kappa shape index (κ3) is 10.8. The van der Waals surface area contributed by atoms with Crippen LogP contribution in [-0.4, -0.2) is 55.1 Å². The van der Waals surface area contributed by atoms with Gasteiger partial charge in [0, 0.05) is 6.42 Å². The lowest BCUT2D eigenvalue weighted by molar-refractivity contribution is -0.147. The highest BCUT2D eigenvalue weighted by molar-refractivity contribution is 5.88. The number of aliphatic hydroxyl groups is 2. The van der Waals surface area contributed by atoms with Crippen molar-refractivity contribution < 1.29 is 51.9 Å². The number of alkyl halides is 3. The van der Waals surface area contributed by atoms with Gasteiger partial charge in [-0.3, -0.25) is 0 Å². The van der Waals surface area contributed by atoms with Crippen LogP contribution in [0.4, 0.5) is 13.2 Å². The molecular weight excluding hydrogens is 605 g/mol. The number of hydrogen-bond acceptors (Lipinski definition) is 8. The minimum Gasteiger partial charge on any atom is -0.453 e. The molecule has 0 heterocycles. The molecule has 0 fully saturated rings. The summed E-state index contributed by atoms with van der Waals surface area (Å²) in [5.74, 6) is -1.32. The molecule has 0 spiro atoms. The minimum atomic E-state index is -4.13. The minimum absolute atomic E-state index is 0.102. The first-order valence-electron chi connectivity index (χ1n) is 14.6. The van der Waals surface area contributed by atoms with Gasteiger partial charge in [-0.1, -0.05) is 68.6 Å².